The maximum Gasteiger partial charge on any atom is 0.140 e. The molecule has 0 radical (unpaired) electrons. The van der Waals surface area contributed by atoms with Crippen LogP contribution in [-0.2, 0) is 0 Å². The Morgan fingerprint density at radius 2 is 1.73 bits per heavy atom. The molecule has 2 heterocycles. The molecule has 134 valence electrons. The number of hydrogen-bond donors (Lipinski definition) is 1. The molecule has 3 aromatic rings. The van der Waals surface area contributed by atoms with Crippen molar-refractivity contribution in [3.63, 3.8) is 0 Å². The summed E-state index contributed by atoms with van der Waals surface area (Å²) in [5.41, 5.74) is 1.91. The van der Waals surface area contributed by atoms with E-state index in [1.807, 2.05) is 6.07 Å². The lowest BCUT2D eigenvalue weighted by Crippen LogP contribution is -2.47. The molecule has 26 heavy (non-hydrogen) atoms. The Hall–Kier alpha value is -2.73. The van der Waals surface area contributed by atoms with Gasteiger partial charge >= 0.3 is 0 Å². The Kier molecular flexibility index (Phi) is 4.93. The first-order valence-electron chi connectivity index (χ1n) is 8.97. The van der Waals surface area contributed by atoms with Crippen molar-refractivity contribution in [3.8, 4) is 0 Å². The molecule has 1 aliphatic rings. The number of halogens is 1. The molecule has 1 fully saturated rings. The molecular formula is C20H22FN5. The van der Waals surface area contributed by atoms with E-state index >= 15 is 0 Å². The van der Waals surface area contributed by atoms with Crippen molar-refractivity contribution in [2.75, 3.05) is 49.5 Å². The minimum Gasteiger partial charge on any atom is -0.369 e. The molecule has 0 bridgehead atoms. The molecule has 1 aromatic heterocycles. The minimum atomic E-state index is -0.290. The van der Waals surface area contributed by atoms with Gasteiger partial charge in [-0.1, -0.05) is 24.3 Å². The second-order valence-corrected chi connectivity index (χ2v) is 6.45. The van der Waals surface area contributed by atoms with Crippen LogP contribution >= 0.6 is 0 Å². The summed E-state index contributed by atoms with van der Waals surface area (Å²) in [5.74, 6) is 0.276. The highest BCUT2D eigenvalue weighted by Gasteiger charge is 2.17. The van der Waals surface area contributed by atoms with E-state index in [0.29, 0.717) is 16.7 Å². The van der Waals surface area contributed by atoms with Crippen LogP contribution in [0.2, 0.25) is 0 Å². The van der Waals surface area contributed by atoms with Crippen molar-refractivity contribution in [2.24, 2.45) is 0 Å². The molecule has 0 atom stereocenters. The SMILES string of the molecule is Fc1cccc2ncnc(NCCN3CCN(c4ccccc4)CC3)c12. The largest absolute Gasteiger partial charge is 0.369 e. The van der Waals surface area contributed by atoms with Gasteiger partial charge < -0.3 is 10.2 Å². The van der Waals surface area contributed by atoms with E-state index in [0.717, 1.165) is 39.3 Å². The van der Waals surface area contributed by atoms with Crippen LogP contribution in [0.4, 0.5) is 15.9 Å². The highest BCUT2D eigenvalue weighted by atomic mass is 19.1. The third kappa shape index (κ3) is 3.60. The summed E-state index contributed by atoms with van der Waals surface area (Å²) in [4.78, 5) is 13.2. The Morgan fingerprint density at radius 1 is 0.923 bits per heavy atom. The van der Waals surface area contributed by atoms with Crippen molar-refractivity contribution < 1.29 is 4.39 Å². The minimum absolute atomic E-state index is 0.290. The normalized spacial score (nSPS) is 15.3. The molecular weight excluding hydrogens is 329 g/mol. The standard InChI is InChI=1S/C20H22FN5/c21-17-7-4-8-18-19(17)20(24-15-23-18)22-9-10-25-11-13-26(14-12-25)16-5-2-1-3-6-16/h1-8,15H,9-14H2,(H,22,23,24). The van der Waals surface area contributed by atoms with Crippen molar-refractivity contribution in [3.05, 3.63) is 60.7 Å². The van der Waals surface area contributed by atoms with Crippen LogP contribution < -0.4 is 10.2 Å². The van der Waals surface area contributed by atoms with Gasteiger partial charge in [0.2, 0.25) is 0 Å². The number of para-hydroxylation sites is 1. The molecule has 0 unspecified atom stereocenters. The molecule has 0 spiro atoms. The van der Waals surface area contributed by atoms with Gasteiger partial charge in [-0.25, -0.2) is 14.4 Å². The third-order valence-electron chi connectivity index (χ3n) is 4.83. The van der Waals surface area contributed by atoms with E-state index in [1.165, 1.54) is 18.1 Å². The summed E-state index contributed by atoms with van der Waals surface area (Å²) in [6, 6.07) is 15.4. The lowest BCUT2D eigenvalue weighted by molar-refractivity contribution is 0.267. The molecule has 1 aliphatic heterocycles. The number of nitrogens with zero attached hydrogens (tertiary/aromatic N) is 4. The van der Waals surface area contributed by atoms with Crippen LogP contribution in [0.5, 0.6) is 0 Å². The van der Waals surface area contributed by atoms with Gasteiger partial charge in [-0.05, 0) is 24.3 Å². The zero-order chi connectivity index (χ0) is 17.8. The monoisotopic (exact) mass is 351 g/mol. The molecule has 0 amide bonds. The number of hydrogen-bond acceptors (Lipinski definition) is 5. The van der Waals surface area contributed by atoms with Gasteiger partial charge in [0, 0.05) is 45.0 Å². The lowest BCUT2D eigenvalue weighted by Gasteiger charge is -2.36. The number of benzene rings is 2. The number of fused-ring (bicyclic) bond motifs is 1. The van der Waals surface area contributed by atoms with Crippen LogP contribution in [0.3, 0.4) is 0 Å². The topological polar surface area (TPSA) is 44.3 Å². The number of anilines is 2. The zero-order valence-corrected chi connectivity index (χ0v) is 14.6. The summed E-state index contributed by atoms with van der Waals surface area (Å²) in [7, 11) is 0. The Morgan fingerprint density at radius 3 is 2.54 bits per heavy atom. The fourth-order valence-corrected chi connectivity index (χ4v) is 3.40. The first kappa shape index (κ1) is 16.7. The maximum absolute atomic E-state index is 14.1. The van der Waals surface area contributed by atoms with E-state index in [2.05, 4.69) is 49.4 Å². The fraction of sp³-hybridized carbons (Fsp3) is 0.300. The maximum atomic E-state index is 14.1. The number of nitrogens with one attached hydrogen (secondary N) is 1. The molecule has 1 saturated heterocycles. The van der Waals surface area contributed by atoms with E-state index in [-0.39, 0.29) is 5.82 Å². The van der Waals surface area contributed by atoms with Gasteiger partial charge in [-0.15, -0.1) is 0 Å². The summed E-state index contributed by atoms with van der Waals surface area (Å²) < 4.78 is 14.1. The average molecular weight is 351 g/mol. The van der Waals surface area contributed by atoms with Gasteiger partial charge in [-0.2, -0.15) is 0 Å². The Balaban J connectivity index is 1.31. The molecule has 5 nitrogen and oxygen atoms in total. The third-order valence-corrected chi connectivity index (χ3v) is 4.83. The van der Waals surface area contributed by atoms with Crippen LogP contribution in [-0.4, -0.2) is 54.1 Å². The van der Waals surface area contributed by atoms with Crippen molar-refractivity contribution >= 4 is 22.4 Å². The first-order chi connectivity index (χ1) is 12.8. The van der Waals surface area contributed by atoms with Crippen LogP contribution in [0.1, 0.15) is 0 Å². The predicted molar refractivity (Wildman–Crippen MR) is 103 cm³/mol. The fourth-order valence-electron chi connectivity index (χ4n) is 3.40. The molecule has 1 N–H and O–H groups in total. The summed E-state index contributed by atoms with van der Waals surface area (Å²) in [6.07, 6.45) is 1.47. The van der Waals surface area contributed by atoms with Crippen LogP contribution in [0.15, 0.2) is 54.9 Å². The molecule has 2 aromatic carbocycles. The average Bonchev–Trinajstić information content (AvgIpc) is 2.69. The lowest BCUT2D eigenvalue weighted by atomic mass is 10.2. The van der Waals surface area contributed by atoms with E-state index in [4.69, 9.17) is 0 Å². The molecule has 6 heteroatoms. The van der Waals surface area contributed by atoms with E-state index in [9.17, 15) is 4.39 Å². The second-order valence-electron chi connectivity index (χ2n) is 6.45. The summed E-state index contributed by atoms with van der Waals surface area (Å²) >= 11 is 0. The highest BCUT2D eigenvalue weighted by molar-refractivity contribution is 5.89. The summed E-state index contributed by atoms with van der Waals surface area (Å²) in [5, 5.41) is 3.73. The van der Waals surface area contributed by atoms with E-state index < -0.39 is 0 Å². The quantitative estimate of drug-likeness (QED) is 0.766. The Bertz CT molecular complexity index is 857. The zero-order valence-electron chi connectivity index (χ0n) is 14.6. The van der Waals surface area contributed by atoms with Gasteiger partial charge in [-0.3, -0.25) is 4.90 Å². The van der Waals surface area contributed by atoms with Gasteiger partial charge in [0.15, 0.2) is 0 Å². The molecule has 0 aliphatic carbocycles. The first-order valence-corrected chi connectivity index (χ1v) is 8.97. The van der Waals surface area contributed by atoms with Gasteiger partial charge in [0.05, 0.1) is 10.9 Å². The Labute approximate surface area is 152 Å². The number of rotatable bonds is 5. The van der Waals surface area contributed by atoms with Crippen molar-refractivity contribution in [1.82, 2.24) is 14.9 Å². The van der Waals surface area contributed by atoms with Crippen LogP contribution in [0, 0.1) is 5.82 Å². The van der Waals surface area contributed by atoms with Gasteiger partial charge in [0.25, 0.3) is 0 Å². The van der Waals surface area contributed by atoms with Crippen molar-refractivity contribution in [1.29, 1.82) is 0 Å². The number of piperazine rings is 1. The number of aromatic nitrogens is 2. The smallest absolute Gasteiger partial charge is 0.140 e. The van der Waals surface area contributed by atoms with E-state index in [1.54, 1.807) is 12.1 Å². The predicted octanol–water partition coefficient (Wildman–Crippen LogP) is 3.00. The molecule has 0 saturated carbocycles. The summed E-state index contributed by atoms with van der Waals surface area (Å²) in [6.45, 7) is 5.73. The van der Waals surface area contributed by atoms with Gasteiger partial charge in [0.1, 0.15) is 18.0 Å². The second kappa shape index (κ2) is 7.66. The highest BCUT2D eigenvalue weighted by Crippen LogP contribution is 2.22. The van der Waals surface area contributed by atoms with Crippen molar-refractivity contribution in [2.45, 2.75) is 0 Å². The molecule has 4 rings (SSSR count). The van der Waals surface area contributed by atoms with Crippen LogP contribution in [0.25, 0.3) is 10.9 Å².